The first-order valence-electron chi connectivity index (χ1n) is 5.05. The van der Waals surface area contributed by atoms with Crippen LogP contribution in [-0.4, -0.2) is 5.78 Å². The molecule has 0 bridgehead atoms. The lowest BCUT2D eigenvalue weighted by Gasteiger charge is -1.98. The minimum atomic E-state index is 0.163. The second kappa shape index (κ2) is 5.26. The van der Waals surface area contributed by atoms with Crippen LogP contribution in [0.1, 0.15) is 25.8 Å². The normalized spacial score (nSPS) is 13.3. The topological polar surface area (TPSA) is 17.1 Å². The summed E-state index contributed by atoms with van der Waals surface area (Å²) in [6, 6.07) is 4.09. The highest BCUT2D eigenvalue weighted by molar-refractivity contribution is 9.10. The van der Waals surface area contributed by atoms with Gasteiger partial charge in [0.1, 0.15) is 0 Å². The highest BCUT2D eigenvalue weighted by atomic mass is 79.9. The van der Waals surface area contributed by atoms with E-state index in [9.17, 15) is 4.79 Å². The van der Waals surface area contributed by atoms with E-state index in [4.69, 9.17) is 0 Å². The number of aryl methyl sites for hydroxylation is 1. The number of carbonyl (C=O) groups is 1. The number of hydrogen-bond acceptors (Lipinski definition) is 1. The van der Waals surface area contributed by atoms with E-state index in [-0.39, 0.29) is 5.78 Å². The van der Waals surface area contributed by atoms with Crippen LogP contribution in [0.5, 0.6) is 0 Å². The monoisotopic (exact) mass is 266 g/mol. The van der Waals surface area contributed by atoms with Crippen LogP contribution in [0.3, 0.4) is 0 Å². The second-order valence-corrected chi connectivity index (χ2v) is 4.36. The molecule has 80 valence electrons. The Morgan fingerprint density at radius 2 is 2.13 bits per heavy atom. The van der Waals surface area contributed by atoms with Crippen molar-refractivity contribution < 1.29 is 4.79 Å². The van der Waals surface area contributed by atoms with Crippen LogP contribution < -0.4 is 10.4 Å². The molecule has 1 aromatic rings. The Morgan fingerprint density at radius 1 is 1.47 bits per heavy atom. The third-order valence-electron chi connectivity index (χ3n) is 2.26. The van der Waals surface area contributed by atoms with Crippen molar-refractivity contribution in [2.75, 3.05) is 0 Å². The van der Waals surface area contributed by atoms with Gasteiger partial charge >= 0.3 is 0 Å². The van der Waals surface area contributed by atoms with Gasteiger partial charge in [-0.2, -0.15) is 0 Å². The lowest BCUT2D eigenvalue weighted by atomic mass is 10.1. The molecule has 0 aliphatic carbocycles. The zero-order chi connectivity index (χ0) is 11.4. The van der Waals surface area contributed by atoms with Gasteiger partial charge in [-0.25, -0.2) is 0 Å². The highest BCUT2D eigenvalue weighted by Crippen LogP contribution is 2.03. The summed E-state index contributed by atoms with van der Waals surface area (Å²) in [6.45, 7) is 5.88. The third-order valence-corrected chi connectivity index (χ3v) is 2.92. The van der Waals surface area contributed by atoms with Gasteiger partial charge in [0.15, 0.2) is 5.78 Å². The number of halogens is 1. The van der Waals surface area contributed by atoms with E-state index >= 15 is 0 Å². The first-order valence-corrected chi connectivity index (χ1v) is 5.84. The molecular formula is C13H15BrO. The minimum absolute atomic E-state index is 0.163. The number of carbonyl (C=O) groups excluding carboxylic acids is 1. The standard InChI is InChI=1S/C13H15BrO/c1-4-11(15)8-10-6-9(3)7-13(14)12(10)5-2/h5-8H,4H2,1-3H3/b10-8-,12-5+. The fraction of sp³-hybridized carbons (Fsp3) is 0.308. The summed E-state index contributed by atoms with van der Waals surface area (Å²) in [5.41, 5.74) is 1.16. The van der Waals surface area contributed by atoms with Gasteiger partial charge in [-0.05, 0) is 42.0 Å². The Kier molecular flexibility index (Phi) is 4.28. The molecule has 0 N–H and O–H groups in total. The molecule has 15 heavy (non-hydrogen) atoms. The summed E-state index contributed by atoms with van der Waals surface area (Å²) in [4.78, 5) is 11.4. The van der Waals surface area contributed by atoms with E-state index in [1.165, 1.54) is 0 Å². The van der Waals surface area contributed by atoms with Crippen molar-refractivity contribution in [1.29, 1.82) is 0 Å². The summed E-state index contributed by atoms with van der Waals surface area (Å²) in [5, 5.41) is 2.08. The molecule has 0 spiro atoms. The van der Waals surface area contributed by atoms with Gasteiger partial charge in [0.25, 0.3) is 0 Å². The van der Waals surface area contributed by atoms with Gasteiger partial charge in [0.2, 0.25) is 0 Å². The van der Waals surface area contributed by atoms with Crippen LogP contribution in [0.2, 0.25) is 0 Å². The molecule has 0 radical (unpaired) electrons. The molecule has 0 heterocycles. The van der Waals surface area contributed by atoms with E-state index in [1.807, 2.05) is 32.9 Å². The Balaban J connectivity index is 3.54. The SMILES string of the molecule is C/C=c1/c(Br)cc(C)c/c1=C/C(=O)CC. The molecule has 0 amide bonds. The van der Waals surface area contributed by atoms with Crippen molar-refractivity contribution in [3.63, 3.8) is 0 Å². The summed E-state index contributed by atoms with van der Waals surface area (Å²) in [7, 11) is 0. The zero-order valence-electron chi connectivity index (χ0n) is 9.30. The van der Waals surface area contributed by atoms with Crippen LogP contribution in [0, 0.1) is 6.92 Å². The molecule has 0 saturated heterocycles. The van der Waals surface area contributed by atoms with Crippen LogP contribution in [0.25, 0.3) is 12.2 Å². The quantitative estimate of drug-likeness (QED) is 0.803. The largest absolute Gasteiger partial charge is 0.295 e. The van der Waals surface area contributed by atoms with E-state index in [1.54, 1.807) is 6.08 Å². The van der Waals surface area contributed by atoms with Gasteiger partial charge in [0, 0.05) is 10.9 Å². The lowest BCUT2D eigenvalue weighted by Crippen LogP contribution is -2.27. The minimum Gasteiger partial charge on any atom is -0.295 e. The molecule has 0 aliphatic rings. The van der Waals surface area contributed by atoms with E-state index < -0.39 is 0 Å². The van der Waals surface area contributed by atoms with Gasteiger partial charge < -0.3 is 0 Å². The Hall–Kier alpha value is -0.890. The van der Waals surface area contributed by atoms with Crippen LogP contribution in [0.4, 0.5) is 0 Å². The van der Waals surface area contributed by atoms with Gasteiger partial charge in [-0.1, -0.05) is 35.0 Å². The fourth-order valence-corrected chi connectivity index (χ4v) is 2.30. The number of ketones is 1. The van der Waals surface area contributed by atoms with Crippen molar-refractivity contribution in [2.24, 2.45) is 0 Å². The van der Waals surface area contributed by atoms with E-state index in [2.05, 4.69) is 22.0 Å². The molecule has 1 nitrogen and oxygen atoms in total. The van der Waals surface area contributed by atoms with Crippen molar-refractivity contribution in [3.05, 3.63) is 32.6 Å². The van der Waals surface area contributed by atoms with Gasteiger partial charge in [-0.3, -0.25) is 4.79 Å². The smallest absolute Gasteiger partial charge is 0.156 e. The Morgan fingerprint density at radius 3 is 2.67 bits per heavy atom. The molecule has 0 unspecified atom stereocenters. The first-order chi connectivity index (χ1) is 7.08. The van der Waals surface area contributed by atoms with Crippen molar-refractivity contribution >= 4 is 33.9 Å². The van der Waals surface area contributed by atoms with Crippen molar-refractivity contribution in [2.45, 2.75) is 27.2 Å². The maximum absolute atomic E-state index is 11.4. The summed E-state index contributed by atoms with van der Waals surface area (Å²) >= 11 is 3.51. The summed E-state index contributed by atoms with van der Waals surface area (Å²) < 4.78 is 1.04. The number of Topliss-reactive ketones (excluding diaryl/α,β-unsaturated/α-hetero) is 1. The number of hydrogen-bond donors (Lipinski definition) is 0. The van der Waals surface area contributed by atoms with Crippen molar-refractivity contribution in [1.82, 2.24) is 0 Å². The van der Waals surface area contributed by atoms with Gasteiger partial charge in [-0.15, -0.1) is 0 Å². The molecule has 1 aromatic carbocycles. The predicted molar refractivity (Wildman–Crippen MR) is 68.0 cm³/mol. The number of rotatable bonds is 2. The highest BCUT2D eigenvalue weighted by Gasteiger charge is 1.97. The van der Waals surface area contributed by atoms with Crippen LogP contribution in [0.15, 0.2) is 16.6 Å². The number of benzene rings is 1. The summed E-state index contributed by atoms with van der Waals surface area (Å²) in [6.07, 6.45) is 4.28. The molecule has 0 fully saturated rings. The predicted octanol–water partition coefficient (Wildman–Crippen LogP) is 2.32. The third kappa shape index (κ3) is 3.03. The second-order valence-electron chi connectivity index (χ2n) is 3.50. The molecule has 1 rings (SSSR count). The average Bonchev–Trinajstić information content (AvgIpc) is 2.17. The Labute approximate surface area is 98.6 Å². The van der Waals surface area contributed by atoms with E-state index in [0.717, 1.165) is 20.5 Å². The Bertz CT molecular complexity index is 486. The van der Waals surface area contributed by atoms with Crippen LogP contribution in [-0.2, 0) is 4.79 Å². The van der Waals surface area contributed by atoms with E-state index in [0.29, 0.717) is 6.42 Å². The molecule has 2 heteroatoms. The first kappa shape index (κ1) is 12.2. The van der Waals surface area contributed by atoms with Crippen LogP contribution >= 0.6 is 15.9 Å². The molecule has 0 saturated carbocycles. The molecule has 0 atom stereocenters. The average molecular weight is 267 g/mol. The van der Waals surface area contributed by atoms with Gasteiger partial charge in [0.05, 0.1) is 0 Å². The molecular weight excluding hydrogens is 252 g/mol. The molecule has 0 aromatic heterocycles. The zero-order valence-corrected chi connectivity index (χ0v) is 10.9. The summed E-state index contributed by atoms with van der Waals surface area (Å²) in [5.74, 6) is 0.163. The van der Waals surface area contributed by atoms with Crippen molar-refractivity contribution in [3.8, 4) is 0 Å². The lowest BCUT2D eigenvalue weighted by molar-refractivity contribution is -0.113. The maximum Gasteiger partial charge on any atom is 0.156 e. The molecule has 0 aliphatic heterocycles. The maximum atomic E-state index is 11.4. The fourth-order valence-electron chi connectivity index (χ4n) is 1.48.